The Hall–Kier alpha value is -1.13. The molecular formula is C17H24ClFN2O. The second kappa shape index (κ2) is 6.97. The lowest BCUT2D eigenvalue weighted by atomic mass is 9.95. The Morgan fingerprint density at radius 3 is 2.82 bits per heavy atom. The van der Waals surface area contributed by atoms with Gasteiger partial charge in [-0.2, -0.15) is 0 Å². The molecule has 1 unspecified atom stereocenters. The van der Waals surface area contributed by atoms with Gasteiger partial charge in [-0.15, -0.1) is 0 Å². The number of hydrogen-bond acceptors (Lipinski definition) is 2. The SMILES string of the molecule is CC(C)(C)NC(=O)C1CCCN(Cc2c(F)cccc2Cl)C1. The number of nitrogens with zero attached hydrogens (tertiary/aromatic N) is 1. The molecule has 0 saturated carbocycles. The van der Waals surface area contributed by atoms with Gasteiger partial charge in [-0.1, -0.05) is 17.7 Å². The normalized spacial score (nSPS) is 20.0. The molecule has 1 fully saturated rings. The van der Waals surface area contributed by atoms with Gasteiger partial charge in [0.05, 0.1) is 5.92 Å². The van der Waals surface area contributed by atoms with E-state index in [1.54, 1.807) is 12.1 Å². The van der Waals surface area contributed by atoms with E-state index in [1.165, 1.54) is 6.07 Å². The summed E-state index contributed by atoms with van der Waals surface area (Å²) in [4.78, 5) is 14.4. The zero-order valence-electron chi connectivity index (χ0n) is 13.5. The number of hydrogen-bond donors (Lipinski definition) is 1. The van der Waals surface area contributed by atoms with E-state index in [2.05, 4.69) is 10.2 Å². The van der Waals surface area contributed by atoms with E-state index in [9.17, 15) is 9.18 Å². The van der Waals surface area contributed by atoms with Crippen molar-refractivity contribution in [1.82, 2.24) is 10.2 Å². The maximum Gasteiger partial charge on any atom is 0.224 e. The molecule has 2 rings (SSSR count). The van der Waals surface area contributed by atoms with Gasteiger partial charge in [0.2, 0.25) is 5.91 Å². The van der Waals surface area contributed by atoms with E-state index in [4.69, 9.17) is 11.6 Å². The van der Waals surface area contributed by atoms with Crippen LogP contribution in [0.15, 0.2) is 18.2 Å². The fourth-order valence-corrected chi connectivity index (χ4v) is 3.01. The van der Waals surface area contributed by atoms with Gasteiger partial charge in [-0.05, 0) is 52.3 Å². The third kappa shape index (κ3) is 4.68. The molecule has 0 radical (unpaired) electrons. The minimum atomic E-state index is -0.284. The van der Waals surface area contributed by atoms with Crippen molar-refractivity contribution in [3.63, 3.8) is 0 Å². The van der Waals surface area contributed by atoms with Crippen LogP contribution in [0.2, 0.25) is 5.02 Å². The van der Waals surface area contributed by atoms with Gasteiger partial charge in [0.25, 0.3) is 0 Å². The van der Waals surface area contributed by atoms with Crippen LogP contribution in [0.4, 0.5) is 4.39 Å². The molecule has 0 aromatic heterocycles. The number of halogens is 2. The first-order valence-electron chi connectivity index (χ1n) is 7.73. The van der Waals surface area contributed by atoms with E-state index in [0.717, 1.165) is 19.4 Å². The van der Waals surface area contributed by atoms with Gasteiger partial charge in [0.15, 0.2) is 0 Å². The minimum Gasteiger partial charge on any atom is -0.351 e. The highest BCUT2D eigenvalue weighted by Gasteiger charge is 2.28. The largest absolute Gasteiger partial charge is 0.351 e. The molecule has 1 atom stereocenters. The summed E-state index contributed by atoms with van der Waals surface area (Å²) in [6.45, 7) is 7.89. The van der Waals surface area contributed by atoms with Crippen LogP contribution in [0.3, 0.4) is 0 Å². The second-order valence-electron chi connectivity index (χ2n) is 7.01. The van der Waals surface area contributed by atoms with Crippen molar-refractivity contribution in [2.24, 2.45) is 5.92 Å². The fourth-order valence-electron chi connectivity index (χ4n) is 2.79. The van der Waals surface area contributed by atoms with Crippen LogP contribution in [-0.2, 0) is 11.3 Å². The summed E-state index contributed by atoms with van der Waals surface area (Å²) in [5.41, 5.74) is 0.287. The Bertz CT molecular complexity index is 522. The van der Waals surface area contributed by atoms with Crippen molar-refractivity contribution >= 4 is 17.5 Å². The zero-order chi connectivity index (χ0) is 16.3. The van der Waals surface area contributed by atoms with Gasteiger partial charge < -0.3 is 5.32 Å². The maximum absolute atomic E-state index is 13.9. The van der Waals surface area contributed by atoms with Gasteiger partial charge in [0, 0.05) is 29.2 Å². The summed E-state index contributed by atoms with van der Waals surface area (Å²) < 4.78 is 13.9. The van der Waals surface area contributed by atoms with Crippen molar-refractivity contribution in [2.75, 3.05) is 13.1 Å². The van der Waals surface area contributed by atoms with E-state index in [-0.39, 0.29) is 23.2 Å². The van der Waals surface area contributed by atoms with Gasteiger partial charge in [-0.25, -0.2) is 4.39 Å². The summed E-state index contributed by atoms with van der Waals surface area (Å²) in [5.74, 6) is -0.246. The Balaban J connectivity index is 2.00. The van der Waals surface area contributed by atoms with Crippen LogP contribution in [0.25, 0.3) is 0 Å². The highest BCUT2D eigenvalue weighted by Crippen LogP contribution is 2.24. The standard InChI is InChI=1S/C17H24ClFN2O/c1-17(2,3)20-16(22)12-6-5-9-21(10-12)11-13-14(18)7-4-8-15(13)19/h4,7-8,12H,5-6,9-11H2,1-3H3,(H,20,22). The van der Waals surface area contributed by atoms with Crippen molar-refractivity contribution in [2.45, 2.75) is 45.7 Å². The Labute approximate surface area is 136 Å². The quantitative estimate of drug-likeness (QED) is 0.920. The number of carbonyl (C=O) groups is 1. The average molecular weight is 327 g/mol. The topological polar surface area (TPSA) is 32.3 Å². The van der Waals surface area contributed by atoms with Crippen LogP contribution in [0, 0.1) is 11.7 Å². The lowest BCUT2D eigenvalue weighted by Gasteiger charge is -2.34. The lowest BCUT2D eigenvalue weighted by Crippen LogP contribution is -2.48. The molecule has 3 nitrogen and oxygen atoms in total. The first-order valence-corrected chi connectivity index (χ1v) is 8.11. The monoisotopic (exact) mass is 326 g/mol. The number of benzene rings is 1. The second-order valence-corrected chi connectivity index (χ2v) is 7.42. The first-order chi connectivity index (χ1) is 10.3. The highest BCUT2D eigenvalue weighted by atomic mass is 35.5. The third-order valence-electron chi connectivity index (χ3n) is 3.82. The molecule has 1 aromatic rings. The molecule has 1 N–H and O–H groups in total. The van der Waals surface area contributed by atoms with Gasteiger partial charge in [-0.3, -0.25) is 9.69 Å². The molecule has 0 aliphatic carbocycles. The van der Waals surface area contributed by atoms with Gasteiger partial charge >= 0.3 is 0 Å². The smallest absolute Gasteiger partial charge is 0.224 e. The van der Waals surface area contributed by atoms with E-state index in [0.29, 0.717) is 23.7 Å². The maximum atomic E-state index is 13.9. The fraction of sp³-hybridized carbons (Fsp3) is 0.588. The van der Waals surface area contributed by atoms with Gasteiger partial charge in [0.1, 0.15) is 5.82 Å². The van der Waals surface area contributed by atoms with Crippen molar-refractivity contribution in [3.05, 3.63) is 34.6 Å². The summed E-state index contributed by atoms with van der Waals surface area (Å²) in [6.07, 6.45) is 1.82. The molecule has 1 aliphatic rings. The molecule has 1 aromatic carbocycles. The first kappa shape index (κ1) is 17.2. The van der Waals surface area contributed by atoms with Crippen LogP contribution in [0.5, 0.6) is 0 Å². The Morgan fingerprint density at radius 2 is 2.18 bits per heavy atom. The summed E-state index contributed by atoms with van der Waals surface area (Å²) in [7, 11) is 0. The summed E-state index contributed by atoms with van der Waals surface area (Å²) >= 11 is 6.09. The lowest BCUT2D eigenvalue weighted by molar-refractivity contribution is -0.128. The molecule has 22 heavy (non-hydrogen) atoms. The predicted octanol–water partition coefficient (Wildman–Crippen LogP) is 3.61. The van der Waals surface area contributed by atoms with Crippen molar-refractivity contribution < 1.29 is 9.18 Å². The van der Waals surface area contributed by atoms with E-state index in [1.807, 2.05) is 20.8 Å². The average Bonchev–Trinajstić information content (AvgIpc) is 2.41. The third-order valence-corrected chi connectivity index (χ3v) is 4.17. The van der Waals surface area contributed by atoms with Crippen LogP contribution < -0.4 is 5.32 Å². The molecule has 1 saturated heterocycles. The number of piperidine rings is 1. The number of carbonyl (C=O) groups excluding carboxylic acids is 1. The van der Waals surface area contributed by atoms with E-state index >= 15 is 0 Å². The molecule has 1 aliphatic heterocycles. The summed E-state index contributed by atoms with van der Waals surface area (Å²) in [6, 6.07) is 4.74. The highest BCUT2D eigenvalue weighted by molar-refractivity contribution is 6.31. The number of rotatable bonds is 3. The molecule has 1 amide bonds. The van der Waals surface area contributed by atoms with Crippen LogP contribution in [-0.4, -0.2) is 29.4 Å². The molecule has 5 heteroatoms. The van der Waals surface area contributed by atoms with Crippen LogP contribution in [0.1, 0.15) is 39.2 Å². The molecule has 0 spiro atoms. The van der Waals surface area contributed by atoms with E-state index < -0.39 is 0 Å². The summed E-state index contributed by atoms with van der Waals surface area (Å²) in [5, 5.41) is 3.48. The minimum absolute atomic E-state index is 0.0430. The van der Waals surface area contributed by atoms with Crippen molar-refractivity contribution in [1.29, 1.82) is 0 Å². The Morgan fingerprint density at radius 1 is 1.45 bits per heavy atom. The number of likely N-dealkylation sites (tertiary alicyclic amines) is 1. The van der Waals surface area contributed by atoms with Crippen LogP contribution >= 0.6 is 11.6 Å². The predicted molar refractivity (Wildman–Crippen MR) is 87.3 cm³/mol. The molecule has 1 heterocycles. The molecular weight excluding hydrogens is 303 g/mol. The molecule has 0 bridgehead atoms. The number of nitrogens with one attached hydrogen (secondary N) is 1. The number of amides is 1. The van der Waals surface area contributed by atoms with Crippen molar-refractivity contribution in [3.8, 4) is 0 Å². The zero-order valence-corrected chi connectivity index (χ0v) is 14.2. The molecule has 122 valence electrons. The Kier molecular flexibility index (Phi) is 5.45.